The van der Waals surface area contributed by atoms with Gasteiger partial charge in [-0.2, -0.15) is 0 Å². The van der Waals surface area contributed by atoms with E-state index >= 15 is 0 Å². The SMILES string of the molecule is Nc1cc(N2CCCC(CO)C2)nc(-c2ccc3c(c2)ncn3C2CCCCC2)c1[N+](=O)[O-]. The summed E-state index contributed by atoms with van der Waals surface area (Å²) in [6.45, 7) is 1.56. The van der Waals surface area contributed by atoms with Gasteiger partial charge in [-0.3, -0.25) is 10.1 Å². The van der Waals surface area contributed by atoms with Gasteiger partial charge in [0.1, 0.15) is 11.5 Å². The molecule has 5 rings (SSSR count). The lowest BCUT2D eigenvalue weighted by Gasteiger charge is -2.33. The normalized spacial score (nSPS) is 19.8. The number of fused-ring (bicyclic) bond motifs is 1. The minimum atomic E-state index is -0.459. The van der Waals surface area contributed by atoms with Gasteiger partial charge in [0, 0.05) is 37.4 Å². The van der Waals surface area contributed by atoms with Crippen molar-refractivity contribution in [3.05, 3.63) is 40.7 Å². The number of nitro groups is 1. The Morgan fingerprint density at radius 2 is 1.97 bits per heavy atom. The number of pyridine rings is 1. The number of anilines is 2. The van der Waals surface area contributed by atoms with E-state index in [0.717, 1.165) is 43.3 Å². The Morgan fingerprint density at radius 1 is 1.15 bits per heavy atom. The molecule has 9 nitrogen and oxygen atoms in total. The fourth-order valence-corrected chi connectivity index (χ4v) is 5.35. The van der Waals surface area contributed by atoms with E-state index in [1.165, 1.54) is 19.3 Å². The van der Waals surface area contributed by atoms with Crippen LogP contribution in [0.3, 0.4) is 0 Å². The van der Waals surface area contributed by atoms with Crippen molar-refractivity contribution < 1.29 is 10.0 Å². The minimum absolute atomic E-state index is 0.0963. The van der Waals surface area contributed by atoms with Gasteiger partial charge in [-0.25, -0.2) is 9.97 Å². The lowest BCUT2D eigenvalue weighted by Crippen LogP contribution is -2.37. The van der Waals surface area contributed by atoms with Gasteiger partial charge in [0.15, 0.2) is 5.69 Å². The van der Waals surface area contributed by atoms with Crippen LogP contribution in [0.1, 0.15) is 51.0 Å². The molecular weight excluding hydrogens is 420 g/mol. The molecule has 3 heterocycles. The Kier molecular flexibility index (Phi) is 5.88. The molecule has 33 heavy (non-hydrogen) atoms. The van der Waals surface area contributed by atoms with Crippen LogP contribution >= 0.6 is 0 Å². The maximum atomic E-state index is 11.9. The number of hydrogen-bond acceptors (Lipinski definition) is 7. The molecule has 3 aromatic rings. The number of aliphatic hydroxyl groups is 1. The number of hydrogen-bond donors (Lipinski definition) is 2. The summed E-state index contributed by atoms with van der Waals surface area (Å²) in [6, 6.07) is 7.79. The molecule has 3 N–H and O–H groups in total. The fourth-order valence-electron chi connectivity index (χ4n) is 5.35. The van der Waals surface area contributed by atoms with Gasteiger partial charge < -0.3 is 20.3 Å². The predicted molar refractivity (Wildman–Crippen MR) is 128 cm³/mol. The number of aromatic nitrogens is 3. The van der Waals surface area contributed by atoms with E-state index in [9.17, 15) is 15.2 Å². The molecule has 2 fully saturated rings. The van der Waals surface area contributed by atoms with E-state index in [0.29, 0.717) is 24.0 Å². The highest BCUT2D eigenvalue weighted by Gasteiger charge is 2.27. The maximum absolute atomic E-state index is 11.9. The Hall–Kier alpha value is -3.20. The number of benzene rings is 1. The quantitative estimate of drug-likeness (QED) is 0.439. The van der Waals surface area contributed by atoms with Crippen LogP contribution in [-0.2, 0) is 0 Å². The average molecular weight is 451 g/mol. The lowest BCUT2D eigenvalue weighted by molar-refractivity contribution is -0.383. The molecule has 0 amide bonds. The monoisotopic (exact) mass is 450 g/mol. The molecule has 1 aliphatic carbocycles. The molecule has 2 aliphatic rings. The van der Waals surface area contributed by atoms with Gasteiger partial charge in [-0.05, 0) is 43.7 Å². The first-order valence-electron chi connectivity index (χ1n) is 11.8. The molecule has 9 heteroatoms. The van der Waals surface area contributed by atoms with Gasteiger partial charge >= 0.3 is 5.69 Å². The molecule has 1 aromatic carbocycles. The molecule has 2 aromatic heterocycles. The second-order valence-corrected chi connectivity index (χ2v) is 9.31. The summed E-state index contributed by atoms with van der Waals surface area (Å²) >= 11 is 0. The Morgan fingerprint density at radius 3 is 2.73 bits per heavy atom. The molecule has 1 aliphatic heterocycles. The first-order valence-corrected chi connectivity index (χ1v) is 11.8. The van der Waals surface area contributed by atoms with Gasteiger partial charge in [0.25, 0.3) is 0 Å². The predicted octanol–water partition coefficient (Wildman–Crippen LogP) is 4.30. The van der Waals surface area contributed by atoms with Crippen molar-refractivity contribution in [2.45, 2.75) is 51.0 Å². The molecule has 0 radical (unpaired) electrons. The zero-order chi connectivity index (χ0) is 22.9. The molecule has 174 valence electrons. The summed E-state index contributed by atoms with van der Waals surface area (Å²) < 4.78 is 2.24. The third-order valence-electron chi connectivity index (χ3n) is 7.11. The van der Waals surface area contributed by atoms with Crippen molar-refractivity contribution in [2.24, 2.45) is 5.92 Å². The van der Waals surface area contributed by atoms with Crippen LogP contribution in [0.15, 0.2) is 30.6 Å². The Bertz CT molecular complexity index is 1170. The summed E-state index contributed by atoms with van der Waals surface area (Å²) in [5.74, 6) is 0.777. The molecular formula is C24H30N6O3. The topological polar surface area (TPSA) is 123 Å². The summed E-state index contributed by atoms with van der Waals surface area (Å²) in [6.07, 6.45) is 9.85. The summed E-state index contributed by atoms with van der Waals surface area (Å²) in [5, 5.41) is 21.5. The van der Waals surface area contributed by atoms with Gasteiger partial charge in [-0.15, -0.1) is 0 Å². The van der Waals surface area contributed by atoms with Crippen LogP contribution in [0, 0.1) is 16.0 Å². The fraction of sp³-hybridized carbons (Fsp3) is 0.500. The Labute approximate surface area is 192 Å². The molecule has 1 saturated carbocycles. The van der Waals surface area contributed by atoms with Crippen molar-refractivity contribution in [1.82, 2.24) is 14.5 Å². The van der Waals surface area contributed by atoms with Gasteiger partial charge in [-0.1, -0.05) is 25.3 Å². The average Bonchev–Trinajstić information content (AvgIpc) is 3.27. The number of piperidine rings is 1. The summed E-state index contributed by atoms with van der Waals surface area (Å²) in [7, 11) is 0. The number of aliphatic hydroxyl groups excluding tert-OH is 1. The van der Waals surface area contributed by atoms with E-state index in [1.54, 1.807) is 6.07 Å². The highest BCUT2D eigenvalue weighted by Crippen LogP contribution is 2.38. The van der Waals surface area contributed by atoms with Crippen molar-refractivity contribution in [1.29, 1.82) is 0 Å². The lowest BCUT2D eigenvalue weighted by atomic mass is 9.95. The van der Waals surface area contributed by atoms with E-state index in [1.807, 2.05) is 24.5 Å². The van der Waals surface area contributed by atoms with E-state index in [2.05, 4.69) is 14.5 Å². The third-order valence-corrected chi connectivity index (χ3v) is 7.11. The molecule has 0 spiro atoms. The van der Waals surface area contributed by atoms with Crippen LogP contribution in [0.4, 0.5) is 17.2 Å². The smallest absolute Gasteiger partial charge is 0.318 e. The summed E-state index contributed by atoms with van der Waals surface area (Å²) in [4.78, 5) is 22.8. The number of nitrogen functional groups attached to an aromatic ring is 1. The van der Waals surface area contributed by atoms with Gasteiger partial charge in [0.2, 0.25) is 0 Å². The number of nitrogens with two attached hydrogens (primary N) is 1. The highest BCUT2D eigenvalue weighted by atomic mass is 16.6. The van der Waals surface area contributed by atoms with Crippen molar-refractivity contribution in [3.8, 4) is 11.3 Å². The van der Waals surface area contributed by atoms with Crippen LogP contribution in [0.25, 0.3) is 22.3 Å². The third kappa shape index (κ3) is 4.13. The molecule has 0 bridgehead atoms. The maximum Gasteiger partial charge on any atom is 0.318 e. The second kappa shape index (κ2) is 8.97. The second-order valence-electron chi connectivity index (χ2n) is 9.31. The first kappa shape index (κ1) is 21.6. The van der Waals surface area contributed by atoms with Crippen LogP contribution < -0.4 is 10.6 Å². The van der Waals surface area contributed by atoms with Crippen molar-refractivity contribution in [2.75, 3.05) is 30.3 Å². The van der Waals surface area contributed by atoms with Gasteiger partial charge in [0.05, 0.1) is 22.3 Å². The van der Waals surface area contributed by atoms with Crippen molar-refractivity contribution in [3.63, 3.8) is 0 Å². The van der Waals surface area contributed by atoms with Crippen LogP contribution in [-0.4, -0.2) is 44.3 Å². The van der Waals surface area contributed by atoms with E-state index in [-0.39, 0.29) is 29.6 Å². The standard InChI is InChI=1S/C24H30N6O3/c25-19-12-22(28-10-4-5-16(13-28)14-31)27-23(24(19)30(32)33)17-8-9-21-20(11-17)26-15-29(21)18-6-2-1-3-7-18/h8-9,11-12,15-16,18,31H,1-7,10,13-14H2,(H2,25,27). The summed E-state index contributed by atoms with van der Waals surface area (Å²) in [5.41, 5.74) is 8.82. The highest BCUT2D eigenvalue weighted by molar-refractivity contribution is 5.87. The zero-order valence-electron chi connectivity index (χ0n) is 18.7. The number of nitrogens with zero attached hydrogens (tertiary/aromatic N) is 5. The van der Waals surface area contributed by atoms with Crippen molar-refractivity contribution >= 4 is 28.2 Å². The zero-order valence-corrected chi connectivity index (χ0v) is 18.7. The largest absolute Gasteiger partial charge is 0.396 e. The molecule has 1 atom stereocenters. The minimum Gasteiger partial charge on any atom is -0.396 e. The van der Waals surface area contributed by atoms with Crippen LogP contribution in [0.2, 0.25) is 0 Å². The van der Waals surface area contributed by atoms with E-state index < -0.39 is 4.92 Å². The Balaban J connectivity index is 1.55. The molecule has 1 unspecified atom stereocenters. The van der Waals surface area contributed by atoms with E-state index in [4.69, 9.17) is 10.7 Å². The first-order chi connectivity index (χ1) is 16.0. The number of imidazole rings is 1. The molecule has 1 saturated heterocycles. The number of rotatable bonds is 5. The van der Waals surface area contributed by atoms with Crippen LogP contribution in [0.5, 0.6) is 0 Å².